The second kappa shape index (κ2) is 10.0. The number of nitrogens with one attached hydrogen (secondary N) is 2. The van der Waals surface area contributed by atoms with Gasteiger partial charge < -0.3 is 15.7 Å². The van der Waals surface area contributed by atoms with E-state index in [1.807, 2.05) is 0 Å². The van der Waals surface area contributed by atoms with Crippen molar-refractivity contribution in [2.24, 2.45) is 11.8 Å². The van der Waals surface area contributed by atoms with Gasteiger partial charge in [-0.1, -0.05) is 13.8 Å². The van der Waals surface area contributed by atoms with Crippen LogP contribution in [0.25, 0.3) is 10.9 Å². The lowest BCUT2D eigenvalue weighted by molar-refractivity contribution is -0.137. The molecule has 1 aromatic carbocycles. The van der Waals surface area contributed by atoms with E-state index in [9.17, 15) is 23.1 Å². The summed E-state index contributed by atoms with van der Waals surface area (Å²) in [5, 5.41) is 16.4. The smallest absolute Gasteiger partial charge is 0.393 e. The van der Waals surface area contributed by atoms with E-state index in [1.54, 1.807) is 0 Å². The van der Waals surface area contributed by atoms with Gasteiger partial charge in [-0.15, -0.1) is 0 Å². The third-order valence-electron chi connectivity index (χ3n) is 7.08. The molecule has 1 saturated heterocycles. The van der Waals surface area contributed by atoms with Gasteiger partial charge >= 0.3 is 6.18 Å². The van der Waals surface area contributed by atoms with Gasteiger partial charge in [-0.05, 0) is 55.7 Å². The molecule has 2 heterocycles. The first-order valence-corrected chi connectivity index (χ1v) is 11.9. The second-order valence-electron chi connectivity index (χ2n) is 9.83. The molecular formula is C24H32F3N5O2. The van der Waals surface area contributed by atoms with Gasteiger partial charge in [0.15, 0.2) is 0 Å². The van der Waals surface area contributed by atoms with Crippen molar-refractivity contribution < 1.29 is 23.1 Å². The van der Waals surface area contributed by atoms with Crippen LogP contribution in [0.1, 0.15) is 45.1 Å². The summed E-state index contributed by atoms with van der Waals surface area (Å²) in [7, 11) is 0. The summed E-state index contributed by atoms with van der Waals surface area (Å²) >= 11 is 0. The average Bonchev–Trinajstić information content (AvgIpc) is 2.78. The highest BCUT2D eigenvalue weighted by molar-refractivity contribution is 5.91. The number of amides is 1. The molecule has 1 atom stereocenters. The van der Waals surface area contributed by atoms with Crippen molar-refractivity contribution in [1.82, 2.24) is 20.2 Å². The van der Waals surface area contributed by atoms with Crippen LogP contribution in [-0.2, 0) is 11.0 Å². The van der Waals surface area contributed by atoms with Gasteiger partial charge in [-0.25, -0.2) is 9.97 Å². The maximum atomic E-state index is 13.1. The molecule has 4 rings (SSSR count). The lowest BCUT2D eigenvalue weighted by Gasteiger charge is -2.47. The second-order valence-corrected chi connectivity index (χ2v) is 9.83. The van der Waals surface area contributed by atoms with E-state index in [2.05, 4.69) is 39.3 Å². The predicted octanol–water partition coefficient (Wildman–Crippen LogP) is 3.44. The number of hydrogen-bond acceptors (Lipinski definition) is 6. The zero-order valence-electron chi connectivity index (χ0n) is 19.5. The van der Waals surface area contributed by atoms with E-state index in [-0.39, 0.29) is 41.7 Å². The number of aromatic nitrogens is 2. The lowest BCUT2D eigenvalue weighted by Crippen LogP contribution is -2.63. The van der Waals surface area contributed by atoms with E-state index >= 15 is 0 Å². The number of anilines is 1. The summed E-state index contributed by atoms with van der Waals surface area (Å²) in [5.41, 5.74) is -0.416. The van der Waals surface area contributed by atoms with E-state index in [0.717, 1.165) is 50.9 Å². The molecular weight excluding hydrogens is 447 g/mol. The van der Waals surface area contributed by atoms with Crippen molar-refractivity contribution >= 4 is 22.6 Å². The molecule has 2 aliphatic rings. The van der Waals surface area contributed by atoms with Gasteiger partial charge in [0.2, 0.25) is 5.91 Å². The summed E-state index contributed by atoms with van der Waals surface area (Å²) in [4.78, 5) is 22.8. The number of fused-ring (bicyclic) bond motifs is 1. The highest BCUT2D eigenvalue weighted by Gasteiger charge is 2.37. The quantitative estimate of drug-likeness (QED) is 0.564. The number of halogens is 3. The lowest BCUT2D eigenvalue weighted by atomic mass is 9.78. The Hall–Kier alpha value is -2.46. The Bertz CT molecular complexity index is 1000. The summed E-state index contributed by atoms with van der Waals surface area (Å²) < 4.78 is 39.2. The third-order valence-corrected chi connectivity index (χ3v) is 7.08. The predicted molar refractivity (Wildman–Crippen MR) is 123 cm³/mol. The first-order valence-electron chi connectivity index (χ1n) is 11.9. The van der Waals surface area contributed by atoms with Gasteiger partial charge in [0.05, 0.1) is 29.8 Å². The highest BCUT2D eigenvalue weighted by atomic mass is 19.4. The van der Waals surface area contributed by atoms with Crippen molar-refractivity contribution in [2.75, 3.05) is 25.0 Å². The molecule has 1 aliphatic heterocycles. The van der Waals surface area contributed by atoms with Crippen LogP contribution in [0.3, 0.4) is 0 Å². The summed E-state index contributed by atoms with van der Waals surface area (Å²) in [6.07, 6.45) is 0.754. The molecule has 2 aromatic rings. The minimum Gasteiger partial charge on any atom is -0.393 e. The van der Waals surface area contributed by atoms with Crippen LogP contribution in [0.2, 0.25) is 0 Å². The van der Waals surface area contributed by atoms with Crippen molar-refractivity contribution in [3.8, 4) is 0 Å². The summed E-state index contributed by atoms with van der Waals surface area (Å²) in [6.45, 7) is 5.61. The number of likely N-dealkylation sites (tertiary alicyclic amines) is 1. The number of carbonyl (C=O) groups is 1. The Morgan fingerprint density at radius 3 is 2.53 bits per heavy atom. The van der Waals surface area contributed by atoms with Crippen LogP contribution in [0.15, 0.2) is 24.5 Å². The van der Waals surface area contributed by atoms with Crippen molar-refractivity contribution in [1.29, 1.82) is 0 Å². The van der Waals surface area contributed by atoms with Gasteiger partial charge in [0, 0.05) is 24.5 Å². The van der Waals surface area contributed by atoms with Crippen molar-refractivity contribution in [2.45, 2.75) is 63.9 Å². The number of nitrogens with zero attached hydrogens (tertiary/aromatic N) is 3. The standard InChI is InChI=1S/C24H32F3N5O2/c1-14(2)22(34)15-3-6-18(7-4-15)32-11-17(12-32)31-21(33)10-28-23-19-9-16(24(25,26)27)5-8-20(19)29-13-30-23/h5,8-9,13-15,17-18,22,34H,3-4,6-7,10-12H2,1-2H3,(H,31,33)(H,28,29,30)/t15?,18?,22-/m1/s1. The van der Waals surface area contributed by atoms with Crippen LogP contribution in [0.5, 0.6) is 0 Å². The number of aliphatic hydroxyl groups is 1. The molecule has 0 spiro atoms. The summed E-state index contributed by atoms with van der Waals surface area (Å²) in [5.74, 6) is 0.629. The van der Waals surface area contributed by atoms with E-state index in [0.29, 0.717) is 17.5 Å². The van der Waals surface area contributed by atoms with Gasteiger partial charge in [-0.2, -0.15) is 13.2 Å². The maximum Gasteiger partial charge on any atom is 0.416 e. The molecule has 34 heavy (non-hydrogen) atoms. The highest BCUT2D eigenvalue weighted by Crippen LogP contribution is 2.34. The minimum absolute atomic E-state index is 0.0623. The maximum absolute atomic E-state index is 13.1. The summed E-state index contributed by atoms with van der Waals surface area (Å²) in [6, 6.07) is 3.83. The Kier molecular flexibility index (Phi) is 7.28. The van der Waals surface area contributed by atoms with Gasteiger partial charge in [0.25, 0.3) is 0 Å². The largest absolute Gasteiger partial charge is 0.416 e. The number of hydrogen-bond donors (Lipinski definition) is 3. The molecule has 10 heteroatoms. The van der Waals surface area contributed by atoms with E-state index in [4.69, 9.17) is 0 Å². The third kappa shape index (κ3) is 5.60. The van der Waals surface area contributed by atoms with Crippen LogP contribution in [0, 0.1) is 11.8 Å². The first kappa shape index (κ1) is 24.7. The molecule has 1 aliphatic carbocycles. The van der Waals surface area contributed by atoms with Crippen LogP contribution in [-0.4, -0.2) is 63.7 Å². The van der Waals surface area contributed by atoms with E-state index < -0.39 is 11.7 Å². The van der Waals surface area contributed by atoms with Crippen molar-refractivity contribution in [3.05, 3.63) is 30.1 Å². The van der Waals surface area contributed by atoms with Gasteiger partial charge in [-0.3, -0.25) is 9.69 Å². The van der Waals surface area contributed by atoms with Gasteiger partial charge in [0.1, 0.15) is 12.1 Å². The zero-order chi connectivity index (χ0) is 24.5. The molecule has 0 radical (unpaired) electrons. The Labute approximate surface area is 197 Å². The monoisotopic (exact) mass is 479 g/mol. The average molecular weight is 480 g/mol. The minimum atomic E-state index is -4.47. The van der Waals surface area contributed by atoms with Crippen molar-refractivity contribution in [3.63, 3.8) is 0 Å². The number of aliphatic hydroxyl groups excluding tert-OH is 1. The van der Waals surface area contributed by atoms with Crippen LogP contribution >= 0.6 is 0 Å². The molecule has 1 aromatic heterocycles. The zero-order valence-corrected chi connectivity index (χ0v) is 19.5. The normalized spacial score (nSPS) is 23.0. The fourth-order valence-corrected chi connectivity index (χ4v) is 5.07. The molecule has 1 saturated carbocycles. The Balaban J connectivity index is 1.24. The topological polar surface area (TPSA) is 90.4 Å². The number of carbonyl (C=O) groups excluding carboxylic acids is 1. The van der Waals surface area contributed by atoms with Crippen LogP contribution < -0.4 is 10.6 Å². The number of benzene rings is 1. The fraction of sp³-hybridized carbons (Fsp3) is 0.625. The van der Waals surface area contributed by atoms with E-state index in [1.165, 1.54) is 12.4 Å². The molecule has 186 valence electrons. The molecule has 1 amide bonds. The number of alkyl halides is 3. The molecule has 3 N–H and O–H groups in total. The first-order chi connectivity index (χ1) is 16.1. The molecule has 0 bridgehead atoms. The van der Waals surface area contributed by atoms with Crippen LogP contribution in [0.4, 0.5) is 19.0 Å². The Morgan fingerprint density at radius 2 is 1.88 bits per heavy atom. The number of rotatable bonds is 7. The molecule has 0 unspecified atom stereocenters. The Morgan fingerprint density at radius 1 is 1.18 bits per heavy atom. The SMILES string of the molecule is CC(C)[C@@H](O)C1CCC(N2CC(NC(=O)CNc3ncnc4ccc(C(F)(F)F)cc34)C2)CC1. The molecule has 2 fully saturated rings. The molecule has 7 nitrogen and oxygen atoms in total. The fourth-order valence-electron chi connectivity index (χ4n) is 5.07.